The number of aryl methyl sites for hydroxylation is 1. The Bertz CT molecular complexity index is 986. The fourth-order valence-corrected chi connectivity index (χ4v) is 3.89. The van der Waals surface area contributed by atoms with E-state index in [0.717, 1.165) is 29.7 Å². The van der Waals surface area contributed by atoms with Crippen LogP contribution in [0.15, 0.2) is 48.0 Å². The van der Waals surface area contributed by atoms with Gasteiger partial charge in [0.2, 0.25) is 0 Å². The molecule has 0 unspecified atom stereocenters. The summed E-state index contributed by atoms with van der Waals surface area (Å²) in [5.41, 5.74) is 1.60. The van der Waals surface area contributed by atoms with Crippen molar-refractivity contribution in [3.05, 3.63) is 70.6 Å². The topological polar surface area (TPSA) is 61.4 Å². The Morgan fingerprint density at radius 1 is 1.17 bits per heavy atom. The molecule has 150 valence electrons. The maximum Gasteiger partial charge on any atom is 0.256 e. The van der Waals surface area contributed by atoms with Gasteiger partial charge in [0.25, 0.3) is 5.91 Å². The molecule has 1 N–H and O–H groups in total. The van der Waals surface area contributed by atoms with Crippen LogP contribution in [0.3, 0.4) is 0 Å². The number of halogens is 1. The molecular weight excluding hydrogens is 389 g/mol. The van der Waals surface area contributed by atoms with Crippen molar-refractivity contribution in [3.8, 4) is 0 Å². The molecule has 6 nitrogen and oxygen atoms in total. The molecule has 1 aromatic carbocycles. The van der Waals surface area contributed by atoms with Gasteiger partial charge in [0.15, 0.2) is 5.13 Å². The summed E-state index contributed by atoms with van der Waals surface area (Å²) in [6, 6.07) is 10.8. The van der Waals surface area contributed by atoms with E-state index in [1.165, 1.54) is 11.3 Å². The minimum absolute atomic E-state index is 0.154. The zero-order chi connectivity index (χ0) is 20.2. The van der Waals surface area contributed by atoms with Gasteiger partial charge in [-0.2, -0.15) is 0 Å². The van der Waals surface area contributed by atoms with Crippen LogP contribution in [0.1, 0.15) is 21.6 Å². The van der Waals surface area contributed by atoms with Gasteiger partial charge < -0.3 is 10.2 Å². The largest absolute Gasteiger partial charge is 0.336 e. The first-order chi connectivity index (χ1) is 14.1. The van der Waals surface area contributed by atoms with Crippen LogP contribution < -0.4 is 5.32 Å². The minimum atomic E-state index is -0.423. The first-order valence-corrected chi connectivity index (χ1v) is 10.4. The smallest absolute Gasteiger partial charge is 0.256 e. The predicted octanol–water partition coefficient (Wildman–Crippen LogP) is 3.69. The lowest BCUT2D eigenvalue weighted by Gasteiger charge is -2.34. The summed E-state index contributed by atoms with van der Waals surface area (Å²) in [6.45, 7) is 4.98. The van der Waals surface area contributed by atoms with Crippen LogP contribution in [-0.2, 0) is 6.54 Å². The number of amides is 1. The Balaban J connectivity index is 1.34. The molecule has 0 saturated carbocycles. The van der Waals surface area contributed by atoms with Crippen LogP contribution in [0, 0.1) is 12.7 Å². The summed E-state index contributed by atoms with van der Waals surface area (Å²) in [6.07, 6.45) is 1.75. The van der Waals surface area contributed by atoms with Gasteiger partial charge in [0, 0.05) is 44.3 Å². The van der Waals surface area contributed by atoms with Crippen molar-refractivity contribution in [1.82, 2.24) is 19.8 Å². The number of aromatic nitrogens is 2. The highest BCUT2D eigenvalue weighted by Gasteiger charge is 2.24. The summed E-state index contributed by atoms with van der Waals surface area (Å²) >= 11 is 1.53. The van der Waals surface area contributed by atoms with Crippen molar-refractivity contribution in [1.29, 1.82) is 0 Å². The van der Waals surface area contributed by atoms with Gasteiger partial charge in [-0.25, -0.2) is 14.4 Å². The molecule has 0 spiro atoms. The molecule has 1 amide bonds. The van der Waals surface area contributed by atoms with Crippen LogP contribution in [0.5, 0.6) is 0 Å². The summed E-state index contributed by atoms with van der Waals surface area (Å²) in [7, 11) is 0. The second-order valence-electron chi connectivity index (χ2n) is 6.98. The van der Waals surface area contributed by atoms with Gasteiger partial charge in [-0.15, -0.1) is 11.3 Å². The number of hydrogen-bond acceptors (Lipinski definition) is 6. The molecule has 1 aliphatic rings. The molecule has 29 heavy (non-hydrogen) atoms. The number of anilines is 2. The third kappa shape index (κ3) is 4.60. The summed E-state index contributed by atoms with van der Waals surface area (Å²) < 4.78 is 14.3. The van der Waals surface area contributed by atoms with Gasteiger partial charge in [-0.3, -0.25) is 9.69 Å². The lowest BCUT2D eigenvalue weighted by atomic mass is 10.1. The van der Waals surface area contributed by atoms with E-state index < -0.39 is 5.82 Å². The van der Waals surface area contributed by atoms with Gasteiger partial charge in [0.05, 0.1) is 11.3 Å². The van der Waals surface area contributed by atoms with Gasteiger partial charge in [-0.1, -0.05) is 18.2 Å². The number of thiazole rings is 1. The van der Waals surface area contributed by atoms with Gasteiger partial charge in [-0.05, 0) is 30.7 Å². The fraction of sp³-hybridized carbons (Fsp3) is 0.286. The number of nitrogens with one attached hydrogen (secondary N) is 1. The number of rotatable bonds is 5. The van der Waals surface area contributed by atoms with E-state index >= 15 is 0 Å². The van der Waals surface area contributed by atoms with Crippen molar-refractivity contribution in [2.24, 2.45) is 0 Å². The number of hydrogen-bond donors (Lipinski definition) is 1. The zero-order valence-electron chi connectivity index (χ0n) is 16.1. The quantitative estimate of drug-likeness (QED) is 0.694. The average molecular weight is 412 g/mol. The Morgan fingerprint density at radius 2 is 1.97 bits per heavy atom. The van der Waals surface area contributed by atoms with Crippen molar-refractivity contribution in [2.75, 3.05) is 31.5 Å². The number of benzene rings is 1. The maximum atomic E-state index is 14.3. The Hall–Kier alpha value is -2.84. The van der Waals surface area contributed by atoms with Crippen molar-refractivity contribution >= 4 is 28.2 Å². The molecule has 2 aromatic heterocycles. The minimum Gasteiger partial charge on any atom is -0.336 e. The van der Waals surface area contributed by atoms with E-state index in [1.807, 2.05) is 23.6 Å². The average Bonchev–Trinajstić information content (AvgIpc) is 3.23. The molecule has 0 atom stereocenters. The second kappa shape index (κ2) is 8.67. The van der Waals surface area contributed by atoms with E-state index in [-0.39, 0.29) is 11.5 Å². The first-order valence-electron chi connectivity index (χ1n) is 9.49. The second-order valence-corrected chi connectivity index (χ2v) is 7.88. The molecule has 1 aliphatic heterocycles. The summed E-state index contributed by atoms with van der Waals surface area (Å²) in [4.78, 5) is 25.5. The third-order valence-corrected chi connectivity index (χ3v) is 5.63. The normalized spacial score (nSPS) is 14.8. The number of carbonyl (C=O) groups is 1. The fourth-order valence-electron chi connectivity index (χ4n) is 3.35. The van der Waals surface area contributed by atoms with Crippen LogP contribution >= 0.6 is 11.3 Å². The maximum absolute atomic E-state index is 14.3. The van der Waals surface area contributed by atoms with Crippen molar-refractivity contribution in [3.63, 3.8) is 0 Å². The molecule has 0 aliphatic carbocycles. The highest BCUT2D eigenvalue weighted by atomic mass is 32.1. The predicted molar refractivity (Wildman–Crippen MR) is 112 cm³/mol. The molecular formula is C21H22FN5OS. The van der Waals surface area contributed by atoms with Crippen LogP contribution in [0.25, 0.3) is 0 Å². The molecule has 1 fully saturated rings. The Kier molecular flexibility index (Phi) is 5.82. The molecule has 1 saturated heterocycles. The van der Waals surface area contributed by atoms with E-state index in [1.54, 1.807) is 36.2 Å². The van der Waals surface area contributed by atoms with E-state index in [0.29, 0.717) is 25.2 Å². The van der Waals surface area contributed by atoms with E-state index in [4.69, 9.17) is 0 Å². The molecule has 3 aromatic rings. The number of carbonyl (C=O) groups excluding carboxylic acids is 1. The monoisotopic (exact) mass is 411 g/mol. The standard InChI is InChI=1S/C21H22FN5OS/c1-15-4-2-6-17(19(15)22)20(28)27-11-9-26(10-12-27)14-16-5-3-7-18(24-16)25-21-23-8-13-29-21/h2-8,13H,9-12,14H2,1H3,(H,23,24,25). The molecule has 0 radical (unpaired) electrons. The van der Waals surface area contributed by atoms with Gasteiger partial charge in [0.1, 0.15) is 11.6 Å². The zero-order valence-corrected chi connectivity index (χ0v) is 17.0. The Labute approximate surface area is 173 Å². The molecule has 4 rings (SSSR count). The number of pyridine rings is 1. The van der Waals surface area contributed by atoms with Gasteiger partial charge >= 0.3 is 0 Å². The lowest BCUT2D eigenvalue weighted by molar-refractivity contribution is 0.0622. The first kappa shape index (κ1) is 19.5. The van der Waals surface area contributed by atoms with Crippen LogP contribution in [0.2, 0.25) is 0 Å². The van der Waals surface area contributed by atoms with Crippen LogP contribution in [-0.4, -0.2) is 51.9 Å². The van der Waals surface area contributed by atoms with Crippen molar-refractivity contribution < 1.29 is 9.18 Å². The van der Waals surface area contributed by atoms with Crippen LogP contribution in [0.4, 0.5) is 15.3 Å². The molecule has 0 bridgehead atoms. The summed E-state index contributed by atoms with van der Waals surface area (Å²) in [5, 5.41) is 5.92. The van der Waals surface area contributed by atoms with E-state index in [2.05, 4.69) is 20.2 Å². The lowest BCUT2D eigenvalue weighted by Crippen LogP contribution is -2.48. The number of piperazine rings is 1. The molecule has 3 heterocycles. The highest BCUT2D eigenvalue weighted by Crippen LogP contribution is 2.19. The highest BCUT2D eigenvalue weighted by molar-refractivity contribution is 7.13. The SMILES string of the molecule is Cc1cccc(C(=O)N2CCN(Cc3cccc(Nc4nccs4)n3)CC2)c1F. The van der Waals surface area contributed by atoms with E-state index in [9.17, 15) is 9.18 Å². The third-order valence-electron chi connectivity index (χ3n) is 4.94. The number of nitrogens with zero attached hydrogens (tertiary/aromatic N) is 4. The summed E-state index contributed by atoms with van der Waals surface area (Å²) in [5.74, 6) is 0.105. The van der Waals surface area contributed by atoms with Crippen molar-refractivity contribution in [2.45, 2.75) is 13.5 Å². The Morgan fingerprint density at radius 3 is 2.72 bits per heavy atom. The molecule has 8 heteroatoms.